The Kier molecular flexibility index (Phi) is 4.43. The van der Waals surface area contributed by atoms with Gasteiger partial charge in [0, 0.05) is 30.9 Å². The molecule has 4 heterocycles. The van der Waals surface area contributed by atoms with Gasteiger partial charge in [-0.1, -0.05) is 6.92 Å². The summed E-state index contributed by atoms with van der Waals surface area (Å²) < 4.78 is 5.68. The predicted octanol–water partition coefficient (Wildman–Crippen LogP) is 3.89. The van der Waals surface area contributed by atoms with E-state index in [1.54, 1.807) is 0 Å². The van der Waals surface area contributed by atoms with Crippen molar-refractivity contribution in [3.8, 4) is 0 Å². The van der Waals surface area contributed by atoms with E-state index in [9.17, 15) is 0 Å². The van der Waals surface area contributed by atoms with Gasteiger partial charge >= 0.3 is 0 Å². The third-order valence-corrected chi connectivity index (χ3v) is 5.81. The molecule has 2 fully saturated rings. The van der Waals surface area contributed by atoms with Crippen LogP contribution in [0.3, 0.4) is 0 Å². The number of fused-ring (bicyclic) bond motifs is 1. The van der Waals surface area contributed by atoms with Gasteiger partial charge in [-0.25, -0.2) is 4.98 Å². The molecule has 0 radical (unpaired) electrons. The number of anilines is 2. The minimum Gasteiger partial charge on any atom is -0.462 e. The van der Waals surface area contributed by atoms with Crippen LogP contribution in [0.5, 0.6) is 0 Å². The van der Waals surface area contributed by atoms with Crippen molar-refractivity contribution in [2.75, 3.05) is 23.3 Å². The van der Waals surface area contributed by atoms with Gasteiger partial charge in [-0.05, 0) is 49.3 Å². The van der Waals surface area contributed by atoms with Gasteiger partial charge < -0.3 is 20.4 Å². The van der Waals surface area contributed by atoms with Gasteiger partial charge in [-0.15, -0.1) is 0 Å². The quantitative estimate of drug-likeness (QED) is 0.702. The Labute approximate surface area is 165 Å². The zero-order valence-electron chi connectivity index (χ0n) is 16.3. The molecule has 146 valence electrons. The molecule has 6 heteroatoms. The number of aromatic nitrogens is 2. The minimum atomic E-state index is 0.218. The molecule has 1 saturated heterocycles. The molecule has 3 aromatic rings. The normalized spacial score (nSPS) is 22.6. The van der Waals surface area contributed by atoms with E-state index in [-0.39, 0.29) is 6.04 Å². The molecular formula is C22H27N5O. The molecule has 6 nitrogen and oxygen atoms in total. The van der Waals surface area contributed by atoms with E-state index in [2.05, 4.69) is 28.2 Å². The van der Waals surface area contributed by atoms with Gasteiger partial charge in [0.1, 0.15) is 5.52 Å². The molecule has 0 amide bonds. The van der Waals surface area contributed by atoms with Crippen LogP contribution < -0.4 is 16.0 Å². The first-order valence-electron chi connectivity index (χ1n) is 10.2. The summed E-state index contributed by atoms with van der Waals surface area (Å²) in [6, 6.07) is 6.35. The molecule has 2 aliphatic rings. The van der Waals surface area contributed by atoms with Gasteiger partial charge in [0.15, 0.2) is 5.58 Å². The average Bonchev–Trinajstić information content (AvgIpc) is 3.45. The van der Waals surface area contributed by atoms with Crippen LogP contribution in [0.4, 0.5) is 11.4 Å². The molecule has 3 aromatic heterocycles. The van der Waals surface area contributed by atoms with Crippen LogP contribution in [0.2, 0.25) is 0 Å². The van der Waals surface area contributed by atoms with E-state index in [0.717, 1.165) is 42.0 Å². The number of rotatable bonds is 5. The van der Waals surface area contributed by atoms with E-state index >= 15 is 0 Å². The second-order valence-corrected chi connectivity index (χ2v) is 8.37. The second kappa shape index (κ2) is 7.09. The molecule has 0 unspecified atom stereocenters. The number of pyridine rings is 2. The Morgan fingerprint density at radius 1 is 1.25 bits per heavy atom. The molecular weight excluding hydrogens is 350 g/mol. The number of nitrogens with one attached hydrogen (secondary N) is 1. The molecule has 3 N–H and O–H groups in total. The van der Waals surface area contributed by atoms with Crippen LogP contribution in [0.1, 0.15) is 43.4 Å². The van der Waals surface area contributed by atoms with E-state index < -0.39 is 0 Å². The van der Waals surface area contributed by atoms with Crippen molar-refractivity contribution in [3.05, 3.63) is 48.1 Å². The summed E-state index contributed by atoms with van der Waals surface area (Å²) in [5.41, 5.74) is 12.6. The van der Waals surface area contributed by atoms with Crippen molar-refractivity contribution < 1.29 is 4.42 Å². The van der Waals surface area contributed by atoms with Gasteiger partial charge in [-0.2, -0.15) is 0 Å². The van der Waals surface area contributed by atoms with E-state index in [1.807, 2.05) is 30.8 Å². The Bertz CT molecular complexity index is 970. The van der Waals surface area contributed by atoms with E-state index in [1.165, 1.54) is 24.1 Å². The zero-order valence-corrected chi connectivity index (χ0v) is 16.3. The minimum absolute atomic E-state index is 0.218. The smallest absolute Gasteiger partial charge is 0.152 e. The topological polar surface area (TPSA) is 80.2 Å². The van der Waals surface area contributed by atoms with Gasteiger partial charge in [0.05, 0.1) is 36.1 Å². The van der Waals surface area contributed by atoms with E-state index in [0.29, 0.717) is 18.4 Å². The Balaban J connectivity index is 1.36. The summed E-state index contributed by atoms with van der Waals surface area (Å²) in [6.45, 7) is 4.82. The Hall–Kier alpha value is -2.60. The van der Waals surface area contributed by atoms with Crippen molar-refractivity contribution >= 4 is 22.5 Å². The van der Waals surface area contributed by atoms with Crippen LogP contribution >= 0.6 is 0 Å². The van der Waals surface area contributed by atoms with Crippen LogP contribution in [-0.2, 0) is 6.54 Å². The number of nitrogens with zero attached hydrogens (tertiary/aromatic N) is 3. The maximum absolute atomic E-state index is 6.26. The fraction of sp³-hybridized carbons (Fsp3) is 0.455. The van der Waals surface area contributed by atoms with Gasteiger partial charge in [0.25, 0.3) is 0 Å². The molecule has 28 heavy (non-hydrogen) atoms. The number of hydrogen-bond acceptors (Lipinski definition) is 6. The molecule has 2 atom stereocenters. The fourth-order valence-electron chi connectivity index (χ4n) is 4.34. The highest BCUT2D eigenvalue weighted by molar-refractivity contribution is 5.78. The highest BCUT2D eigenvalue weighted by Crippen LogP contribution is 2.43. The molecule has 5 rings (SSSR count). The Morgan fingerprint density at radius 2 is 2.14 bits per heavy atom. The zero-order chi connectivity index (χ0) is 19.1. The largest absolute Gasteiger partial charge is 0.462 e. The number of piperidine rings is 1. The van der Waals surface area contributed by atoms with Gasteiger partial charge in [-0.3, -0.25) is 4.98 Å². The van der Waals surface area contributed by atoms with E-state index in [4.69, 9.17) is 15.1 Å². The van der Waals surface area contributed by atoms with Crippen molar-refractivity contribution in [3.63, 3.8) is 0 Å². The maximum atomic E-state index is 6.26. The van der Waals surface area contributed by atoms with Crippen molar-refractivity contribution in [1.29, 1.82) is 0 Å². The first-order chi connectivity index (χ1) is 13.7. The average molecular weight is 377 g/mol. The fourth-order valence-corrected chi connectivity index (χ4v) is 4.34. The van der Waals surface area contributed by atoms with Crippen LogP contribution in [0.25, 0.3) is 11.1 Å². The van der Waals surface area contributed by atoms with Crippen molar-refractivity contribution in [2.24, 2.45) is 11.7 Å². The third-order valence-electron chi connectivity index (χ3n) is 5.81. The number of nitrogens with two attached hydrogens (primary N) is 1. The first-order valence-corrected chi connectivity index (χ1v) is 10.2. The summed E-state index contributed by atoms with van der Waals surface area (Å²) in [4.78, 5) is 11.6. The summed E-state index contributed by atoms with van der Waals surface area (Å²) in [5, 5.41) is 3.54. The summed E-state index contributed by atoms with van der Waals surface area (Å²) in [7, 11) is 0. The second-order valence-electron chi connectivity index (χ2n) is 8.37. The molecule has 0 bridgehead atoms. The standard InChI is InChI=1S/C22H27N5O/c1-14-8-16(23)12-27(11-14)20-6-7-24-10-19(20)25-9-17-4-5-21-22(26-17)18(13-28-21)15-2-3-15/h4-7,10,13-16,25H,2-3,8-9,11-12,23H2,1H3/t14-,16+/m1/s1. The lowest BCUT2D eigenvalue weighted by atomic mass is 9.96. The van der Waals surface area contributed by atoms with Crippen LogP contribution in [0, 0.1) is 5.92 Å². The first kappa shape index (κ1) is 17.5. The van der Waals surface area contributed by atoms with Crippen molar-refractivity contribution in [1.82, 2.24) is 9.97 Å². The predicted molar refractivity (Wildman–Crippen MR) is 112 cm³/mol. The Morgan fingerprint density at radius 3 is 2.96 bits per heavy atom. The molecule has 1 saturated carbocycles. The molecule has 1 aliphatic heterocycles. The number of furan rings is 1. The van der Waals surface area contributed by atoms with Crippen LogP contribution in [0.15, 0.2) is 41.3 Å². The summed E-state index contributed by atoms with van der Waals surface area (Å²) in [6.07, 6.45) is 9.20. The molecule has 1 aliphatic carbocycles. The van der Waals surface area contributed by atoms with Gasteiger partial charge in [0.2, 0.25) is 0 Å². The third kappa shape index (κ3) is 3.44. The summed E-state index contributed by atoms with van der Waals surface area (Å²) >= 11 is 0. The van der Waals surface area contributed by atoms with Crippen LogP contribution in [-0.4, -0.2) is 29.1 Å². The summed E-state index contributed by atoms with van der Waals surface area (Å²) in [5.74, 6) is 1.22. The lowest BCUT2D eigenvalue weighted by molar-refractivity contribution is 0.402. The highest BCUT2D eigenvalue weighted by atomic mass is 16.3. The molecule has 0 spiro atoms. The lowest BCUT2D eigenvalue weighted by Gasteiger charge is -2.37. The molecule has 0 aromatic carbocycles. The monoisotopic (exact) mass is 377 g/mol. The highest BCUT2D eigenvalue weighted by Gasteiger charge is 2.28. The maximum Gasteiger partial charge on any atom is 0.152 e. The SMILES string of the molecule is C[C@@H]1C[C@H](N)CN(c2ccncc2NCc2ccc3occ(C4CC4)c3n2)C1. The lowest BCUT2D eigenvalue weighted by Crippen LogP contribution is -2.46. The van der Waals surface area contributed by atoms with Crippen molar-refractivity contribution in [2.45, 2.75) is 44.7 Å². The number of hydrogen-bond donors (Lipinski definition) is 2.